The van der Waals surface area contributed by atoms with E-state index in [9.17, 15) is 14.7 Å². The third-order valence-corrected chi connectivity index (χ3v) is 5.77. The van der Waals surface area contributed by atoms with E-state index in [-0.39, 0.29) is 30.7 Å². The van der Waals surface area contributed by atoms with Gasteiger partial charge < -0.3 is 19.3 Å². The molecule has 1 N–H and O–H groups in total. The number of aliphatic hydroxyl groups is 1. The first kappa shape index (κ1) is 23.0. The molecule has 31 heavy (non-hydrogen) atoms. The van der Waals surface area contributed by atoms with Crippen LogP contribution in [0.15, 0.2) is 48.8 Å². The van der Waals surface area contributed by atoms with Crippen LogP contribution >= 0.6 is 0 Å². The Morgan fingerprint density at radius 2 is 2.19 bits per heavy atom. The Labute approximate surface area is 183 Å². The first-order valence-electron chi connectivity index (χ1n) is 11.0. The molecule has 0 unspecified atom stereocenters. The second-order valence-electron chi connectivity index (χ2n) is 8.20. The van der Waals surface area contributed by atoms with Gasteiger partial charge in [-0.3, -0.25) is 4.98 Å². The maximum absolute atomic E-state index is 12.1. The van der Waals surface area contributed by atoms with Gasteiger partial charge in [0.15, 0.2) is 0 Å². The van der Waals surface area contributed by atoms with Crippen LogP contribution in [0.3, 0.4) is 0 Å². The number of ether oxygens (including phenoxy) is 3. The van der Waals surface area contributed by atoms with Crippen molar-refractivity contribution in [2.24, 2.45) is 11.8 Å². The molecule has 2 aliphatic rings. The van der Waals surface area contributed by atoms with Crippen LogP contribution in [0.25, 0.3) is 0 Å². The highest BCUT2D eigenvalue weighted by Gasteiger charge is 2.38. The third kappa shape index (κ3) is 7.51. The molecule has 0 bridgehead atoms. The van der Waals surface area contributed by atoms with E-state index in [4.69, 9.17) is 14.2 Å². The second kappa shape index (κ2) is 11.6. The summed E-state index contributed by atoms with van der Waals surface area (Å²) in [6.45, 7) is 2.09. The molecule has 1 aromatic rings. The Morgan fingerprint density at radius 1 is 1.32 bits per heavy atom. The van der Waals surface area contributed by atoms with Crippen LogP contribution in [0.1, 0.15) is 44.6 Å². The van der Waals surface area contributed by atoms with Crippen molar-refractivity contribution in [3.8, 4) is 0 Å². The summed E-state index contributed by atoms with van der Waals surface area (Å²) in [5.74, 6) is -0.535. The summed E-state index contributed by atoms with van der Waals surface area (Å²) < 4.78 is 16.0. The predicted octanol–water partition coefficient (Wildman–Crippen LogP) is 3.76. The van der Waals surface area contributed by atoms with Crippen LogP contribution < -0.4 is 0 Å². The number of rotatable bonds is 4. The molecule has 0 amide bonds. The Bertz CT molecular complexity index is 778. The number of pyridine rings is 1. The lowest BCUT2D eigenvalue weighted by atomic mass is 9.90. The van der Waals surface area contributed by atoms with Crippen LogP contribution in [-0.2, 0) is 25.4 Å². The lowest BCUT2D eigenvalue weighted by Crippen LogP contribution is -2.22. The highest BCUT2D eigenvalue weighted by Crippen LogP contribution is 2.38. The van der Waals surface area contributed by atoms with E-state index in [0.717, 1.165) is 24.8 Å². The van der Waals surface area contributed by atoms with Crippen molar-refractivity contribution in [3.63, 3.8) is 0 Å². The van der Waals surface area contributed by atoms with E-state index in [1.54, 1.807) is 12.4 Å². The lowest BCUT2D eigenvalue weighted by molar-refractivity contribution is -0.142. The minimum atomic E-state index is -0.825. The molecule has 0 spiro atoms. The van der Waals surface area contributed by atoms with Gasteiger partial charge in [0.05, 0.1) is 18.8 Å². The summed E-state index contributed by atoms with van der Waals surface area (Å²) in [4.78, 5) is 28.1. The van der Waals surface area contributed by atoms with Gasteiger partial charge in [-0.25, -0.2) is 9.59 Å². The van der Waals surface area contributed by atoms with Gasteiger partial charge in [0.25, 0.3) is 0 Å². The van der Waals surface area contributed by atoms with E-state index >= 15 is 0 Å². The first-order chi connectivity index (χ1) is 15.0. The molecule has 2 heterocycles. The molecule has 0 aromatic carbocycles. The summed E-state index contributed by atoms with van der Waals surface area (Å²) >= 11 is 0. The Balaban J connectivity index is 1.54. The van der Waals surface area contributed by atoms with Crippen molar-refractivity contribution >= 4 is 12.1 Å². The van der Waals surface area contributed by atoms with Gasteiger partial charge in [0.1, 0.15) is 6.10 Å². The molecular weight excluding hydrogens is 398 g/mol. The minimum absolute atomic E-state index is 0.0574. The molecule has 1 saturated carbocycles. The zero-order valence-corrected chi connectivity index (χ0v) is 17.9. The lowest BCUT2D eigenvalue weighted by Gasteiger charge is -2.19. The summed E-state index contributed by atoms with van der Waals surface area (Å²) in [7, 11) is 0. The highest BCUT2D eigenvalue weighted by molar-refractivity contribution is 5.82. The highest BCUT2D eigenvalue weighted by atomic mass is 16.7. The Hall–Kier alpha value is -2.67. The fourth-order valence-electron chi connectivity index (χ4n) is 4.14. The average molecular weight is 430 g/mol. The number of cyclic esters (lactones) is 1. The largest absolute Gasteiger partial charge is 0.508 e. The fourth-order valence-corrected chi connectivity index (χ4v) is 4.14. The maximum Gasteiger partial charge on any atom is 0.508 e. The van der Waals surface area contributed by atoms with E-state index in [0.29, 0.717) is 19.3 Å². The Morgan fingerprint density at radius 3 is 3.00 bits per heavy atom. The number of allylic oxidation sites excluding steroid dienone is 2. The summed E-state index contributed by atoms with van der Waals surface area (Å²) in [5, 5.41) is 10.6. The topological polar surface area (TPSA) is 95.0 Å². The number of fused-ring (bicyclic) bond motifs is 1. The normalized spacial score (nSPS) is 31.2. The quantitative estimate of drug-likeness (QED) is 0.575. The monoisotopic (exact) mass is 429 g/mol. The van der Waals surface area contributed by atoms with E-state index in [1.165, 1.54) is 12.2 Å². The summed E-state index contributed by atoms with van der Waals surface area (Å²) in [5.41, 5.74) is 0.984. The number of hydrogen-bond acceptors (Lipinski definition) is 7. The molecule has 168 valence electrons. The number of esters is 1. The average Bonchev–Trinajstić information content (AvgIpc) is 3.14. The molecule has 1 aliphatic heterocycles. The zero-order valence-electron chi connectivity index (χ0n) is 17.9. The minimum Gasteiger partial charge on any atom is -0.460 e. The van der Waals surface area contributed by atoms with Crippen LogP contribution in [0, 0.1) is 11.8 Å². The molecule has 0 saturated heterocycles. The van der Waals surface area contributed by atoms with E-state index < -0.39 is 18.2 Å². The van der Waals surface area contributed by atoms with Gasteiger partial charge in [-0.05, 0) is 68.6 Å². The van der Waals surface area contributed by atoms with Crippen LogP contribution in [0.2, 0.25) is 0 Å². The van der Waals surface area contributed by atoms with Gasteiger partial charge in [-0.15, -0.1) is 0 Å². The van der Waals surface area contributed by atoms with Crippen molar-refractivity contribution in [3.05, 3.63) is 54.4 Å². The molecule has 0 radical (unpaired) electrons. The second-order valence-corrected chi connectivity index (χ2v) is 8.20. The molecule has 1 fully saturated rings. The molecular formula is C24H31NO6. The van der Waals surface area contributed by atoms with Gasteiger partial charge in [-0.2, -0.15) is 0 Å². The zero-order chi connectivity index (χ0) is 22.1. The number of aliphatic hydroxyl groups excluding tert-OH is 1. The number of hydrogen-bond donors (Lipinski definition) is 1. The van der Waals surface area contributed by atoms with Gasteiger partial charge in [0, 0.05) is 24.9 Å². The summed E-state index contributed by atoms with van der Waals surface area (Å²) in [6.07, 6.45) is 12.7. The number of carbonyl (C=O) groups is 2. The van der Waals surface area contributed by atoms with E-state index in [2.05, 4.69) is 17.1 Å². The standard InChI is InChI=1S/C24H31NO6/c1-17-6-3-2-4-8-19-14-20(15-21(19)22(26)9-10-23(27)30-17)31-24(28)29-13-11-18-7-5-12-25-16-18/h4-5,7-10,12,16-17,19-22,26H,2-3,6,11,13-15H2,1H3/b8-4+,10-9+/t17-,19+,20-,21+,22+/m0/s1. The summed E-state index contributed by atoms with van der Waals surface area (Å²) in [6, 6.07) is 3.76. The molecule has 7 heteroatoms. The fraction of sp³-hybridized carbons (Fsp3) is 0.542. The van der Waals surface area contributed by atoms with Crippen LogP contribution in [-0.4, -0.2) is 47.1 Å². The predicted molar refractivity (Wildman–Crippen MR) is 114 cm³/mol. The molecule has 7 nitrogen and oxygen atoms in total. The number of carbonyl (C=O) groups excluding carboxylic acids is 2. The number of nitrogens with zero attached hydrogens (tertiary/aromatic N) is 1. The molecule has 1 aliphatic carbocycles. The number of aromatic nitrogens is 1. The first-order valence-corrected chi connectivity index (χ1v) is 11.0. The van der Waals surface area contributed by atoms with Crippen molar-refractivity contribution in [1.29, 1.82) is 0 Å². The smallest absolute Gasteiger partial charge is 0.460 e. The van der Waals surface area contributed by atoms with Gasteiger partial charge in [-0.1, -0.05) is 18.2 Å². The van der Waals surface area contributed by atoms with Crippen molar-refractivity contribution < 1.29 is 28.9 Å². The van der Waals surface area contributed by atoms with Crippen molar-refractivity contribution in [2.45, 2.75) is 63.8 Å². The maximum atomic E-state index is 12.1. The van der Waals surface area contributed by atoms with Crippen molar-refractivity contribution in [2.75, 3.05) is 6.61 Å². The van der Waals surface area contributed by atoms with Crippen molar-refractivity contribution in [1.82, 2.24) is 4.98 Å². The molecule has 1 aromatic heterocycles. The molecule has 3 rings (SSSR count). The van der Waals surface area contributed by atoms with Gasteiger partial charge in [0.2, 0.25) is 0 Å². The third-order valence-electron chi connectivity index (χ3n) is 5.77. The van der Waals surface area contributed by atoms with Crippen LogP contribution in [0.4, 0.5) is 4.79 Å². The molecule has 5 atom stereocenters. The van der Waals surface area contributed by atoms with E-state index in [1.807, 2.05) is 19.1 Å². The SMILES string of the molecule is C[C@H]1CCC/C=C/[C@@H]2C[C@H](OC(=O)OCCc3cccnc3)C[C@H]2[C@H](O)/C=C/C(=O)O1. The van der Waals surface area contributed by atoms with Crippen LogP contribution in [0.5, 0.6) is 0 Å². The van der Waals surface area contributed by atoms with Gasteiger partial charge >= 0.3 is 12.1 Å². The Kier molecular flexibility index (Phi) is 8.64.